The minimum absolute atomic E-state index is 0.104. The summed E-state index contributed by atoms with van der Waals surface area (Å²) >= 11 is 0. The van der Waals surface area contributed by atoms with Gasteiger partial charge in [0.2, 0.25) is 0 Å². The molecule has 0 bridgehead atoms. The maximum atomic E-state index is 12.5. The highest BCUT2D eigenvalue weighted by Crippen LogP contribution is 2.14. The van der Waals surface area contributed by atoms with Crippen molar-refractivity contribution in [2.45, 2.75) is 13.3 Å². The smallest absolute Gasteiger partial charge is 0.274 e. The fourth-order valence-electron chi connectivity index (χ4n) is 2.68. The molecule has 1 saturated heterocycles. The van der Waals surface area contributed by atoms with Crippen molar-refractivity contribution >= 4 is 5.91 Å². The quantitative estimate of drug-likeness (QED) is 0.837. The normalized spacial score (nSPS) is 18.5. The Labute approximate surface area is 134 Å². The molecule has 7 heteroatoms. The van der Waals surface area contributed by atoms with Crippen LogP contribution in [0.3, 0.4) is 0 Å². The molecule has 3 heterocycles. The van der Waals surface area contributed by atoms with Gasteiger partial charge in [-0.2, -0.15) is 0 Å². The predicted molar refractivity (Wildman–Crippen MR) is 82.7 cm³/mol. The second-order valence-corrected chi connectivity index (χ2v) is 5.64. The molecule has 0 radical (unpaired) electrons. The average Bonchev–Trinajstić information content (AvgIpc) is 2.80. The molecule has 1 amide bonds. The van der Waals surface area contributed by atoms with Crippen molar-refractivity contribution in [3.63, 3.8) is 0 Å². The number of carbonyl (C=O) groups excluding carboxylic acids is 1. The highest BCUT2D eigenvalue weighted by Gasteiger charge is 2.24. The lowest BCUT2D eigenvalue weighted by Gasteiger charge is -2.23. The van der Waals surface area contributed by atoms with E-state index in [0.717, 1.165) is 17.8 Å². The molecule has 7 nitrogen and oxygen atoms in total. The number of hydrogen-bond acceptors (Lipinski definition) is 6. The molecule has 0 spiro atoms. The maximum Gasteiger partial charge on any atom is 0.274 e. The Morgan fingerprint density at radius 2 is 2.26 bits per heavy atom. The highest BCUT2D eigenvalue weighted by molar-refractivity contribution is 5.91. The van der Waals surface area contributed by atoms with Gasteiger partial charge in [0.05, 0.1) is 19.4 Å². The van der Waals surface area contributed by atoms with Gasteiger partial charge in [0.1, 0.15) is 12.0 Å². The molecule has 0 unspecified atom stereocenters. The van der Waals surface area contributed by atoms with Crippen LogP contribution in [0.1, 0.15) is 21.9 Å². The van der Waals surface area contributed by atoms with Gasteiger partial charge in [0.25, 0.3) is 5.91 Å². The van der Waals surface area contributed by atoms with E-state index >= 15 is 0 Å². The van der Waals surface area contributed by atoms with E-state index in [2.05, 4.69) is 19.9 Å². The first kappa shape index (κ1) is 15.5. The molecule has 0 aliphatic carbocycles. The molecule has 3 rings (SSSR count). The molecule has 2 aromatic heterocycles. The molecule has 1 aliphatic rings. The van der Waals surface area contributed by atoms with Crippen LogP contribution in [0.25, 0.3) is 0 Å². The topological polar surface area (TPSA) is 81.1 Å². The van der Waals surface area contributed by atoms with Crippen molar-refractivity contribution in [3.8, 4) is 0 Å². The lowest BCUT2D eigenvalue weighted by Crippen LogP contribution is -2.37. The SMILES string of the molecule is Cc1cc(C[C@H]2COCCN(C(=O)c3cnccn3)C2)ncn1. The van der Waals surface area contributed by atoms with Crippen LogP contribution in [-0.4, -0.2) is 57.0 Å². The van der Waals surface area contributed by atoms with E-state index in [4.69, 9.17) is 4.74 Å². The van der Waals surface area contributed by atoms with E-state index in [0.29, 0.717) is 32.0 Å². The summed E-state index contributed by atoms with van der Waals surface area (Å²) in [5.74, 6) is 0.0971. The van der Waals surface area contributed by atoms with Crippen LogP contribution >= 0.6 is 0 Å². The summed E-state index contributed by atoms with van der Waals surface area (Å²) in [5, 5.41) is 0. The van der Waals surface area contributed by atoms with Gasteiger partial charge in [0, 0.05) is 42.8 Å². The molecule has 0 saturated carbocycles. The van der Waals surface area contributed by atoms with Gasteiger partial charge in [0.15, 0.2) is 0 Å². The molecule has 1 fully saturated rings. The zero-order chi connectivity index (χ0) is 16.1. The standard InChI is InChI=1S/C16H19N5O2/c1-12-6-14(20-11-19-12)7-13-9-21(4-5-23-10-13)16(22)15-8-17-2-3-18-15/h2-3,6,8,11,13H,4-5,7,9-10H2,1H3/t13-/m1/s1. The highest BCUT2D eigenvalue weighted by atomic mass is 16.5. The number of nitrogens with zero attached hydrogens (tertiary/aromatic N) is 5. The number of ether oxygens (including phenoxy) is 1. The zero-order valence-corrected chi connectivity index (χ0v) is 13.1. The van der Waals surface area contributed by atoms with Crippen molar-refractivity contribution in [2.24, 2.45) is 5.92 Å². The molecule has 120 valence electrons. The van der Waals surface area contributed by atoms with Crippen LogP contribution < -0.4 is 0 Å². The van der Waals surface area contributed by atoms with Crippen molar-refractivity contribution in [1.82, 2.24) is 24.8 Å². The zero-order valence-electron chi connectivity index (χ0n) is 13.1. The van der Waals surface area contributed by atoms with E-state index in [1.54, 1.807) is 17.4 Å². The molecule has 0 N–H and O–H groups in total. The summed E-state index contributed by atoms with van der Waals surface area (Å²) in [5.41, 5.74) is 2.28. The second kappa shape index (κ2) is 7.23. The largest absolute Gasteiger partial charge is 0.379 e. The van der Waals surface area contributed by atoms with Gasteiger partial charge in [-0.1, -0.05) is 0 Å². The molecular weight excluding hydrogens is 294 g/mol. The Balaban J connectivity index is 1.70. The molecule has 0 aromatic carbocycles. The van der Waals surface area contributed by atoms with Gasteiger partial charge in [-0.3, -0.25) is 9.78 Å². The summed E-state index contributed by atoms with van der Waals surface area (Å²) < 4.78 is 5.65. The van der Waals surface area contributed by atoms with Crippen LogP contribution in [0, 0.1) is 12.8 Å². The van der Waals surface area contributed by atoms with E-state index < -0.39 is 0 Å². The van der Waals surface area contributed by atoms with Gasteiger partial charge in [-0.25, -0.2) is 15.0 Å². The van der Waals surface area contributed by atoms with Crippen molar-refractivity contribution in [1.29, 1.82) is 0 Å². The summed E-state index contributed by atoms with van der Waals surface area (Å²) in [7, 11) is 0. The first-order valence-electron chi connectivity index (χ1n) is 7.63. The summed E-state index contributed by atoms with van der Waals surface area (Å²) in [6.07, 6.45) is 6.92. The first-order valence-corrected chi connectivity index (χ1v) is 7.63. The third-order valence-electron chi connectivity index (χ3n) is 3.77. The number of amides is 1. The Kier molecular flexibility index (Phi) is 4.87. The molecule has 1 aliphatic heterocycles. The maximum absolute atomic E-state index is 12.5. The van der Waals surface area contributed by atoms with Gasteiger partial charge in [-0.15, -0.1) is 0 Å². The first-order chi connectivity index (χ1) is 11.2. The summed E-state index contributed by atoms with van der Waals surface area (Å²) in [6, 6.07) is 1.97. The van der Waals surface area contributed by atoms with Crippen molar-refractivity contribution < 1.29 is 9.53 Å². The van der Waals surface area contributed by atoms with Crippen LogP contribution in [0.4, 0.5) is 0 Å². The number of aryl methyl sites for hydroxylation is 1. The van der Waals surface area contributed by atoms with Crippen LogP contribution in [0.5, 0.6) is 0 Å². The summed E-state index contributed by atoms with van der Waals surface area (Å²) in [4.78, 5) is 30.8. The average molecular weight is 313 g/mol. The van der Waals surface area contributed by atoms with E-state index in [9.17, 15) is 4.79 Å². The summed E-state index contributed by atoms with van der Waals surface area (Å²) in [6.45, 7) is 4.28. The predicted octanol–water partition coefficient (Wildman–Crippen LogP) is 0.906. The molecule has 23 heavy (non-hydrogen) atoms. The Morgan fingerprint density at radius 1 is 1.35 bits per heavy atom. The molecule has 2 aromatic rings. The number of aromatic nitrogens is 4. The lowest BCUT2D eigenvalue weighted by molar-refractivity contribution is 0.0731. The second-order valence-electron chi connectivity index (χ2n) is 5.64. The minimum Gasteiger partial charge on any atom is -0.379 e. The fraction of sp³-hybridized carbons (Fsp3) is 0.438. The van der Waals surface area contributed by atoms with Crippen molar-refractivity contribution in [3.05, 3.63) is 48.1 Å². The fourth-order valence-corrected chi connectivity index (χ4v) is 2.68. The Bertz CT molecular complexity index is 665. The number of carbonyl (C=O) groups is 1. The van der Waals surface area contributed by atoms with Gasteiger partial charge in [-0.05, 0) is 19.4 Å². The van der Waals surface area contributed by atoms with Gasteiger partial charge >= 0.3 is 0 Å². The number of rotatable bonds is 3. The van der Waals surface area contributed by atoms with Crippen LogP contribution in [-0.2, 0) is 11.2 Å². The lowest BCUT2D eigenvalue weighted by atomic mass is 10.0. The van der Waals surface area contributed by atoms with Crippen LogP contribution in [0.15, 0.2) is 31.0 Å². The van der Waals surface area contributed by atoms with Crippen LogP contribution in [0.2, 0.25) is 0 Å². The number of hydrogen-bond donors (Lipinski definition) is 0. The van der Waals surface area contributed by atoms with E-state index in [-0.39, 0.29) is 11.8 Å². The van der Waals surface area contributed by atoms with Crippen molar-refractivity contribution in [2.75, 3.05) is 26.3 Å². The van der Waals surface area contributed by atoms with Gasteiger partial charge < -0.3 is 9.64 Å². The third-order valence-corrected chi connectivity index (χ3v) is 3.77. The molecule has 1 atom stereocenters. The Hall–Kier alpha value is -2.41. The minimum atomic E-state index is -0.104. The van der Waals surface area contributed by atoms with E-state index in [1.165, 1.54) is 12.4 Å². The van der Waals surface area contributed by atoms with E-state index in [1.807, 2.05) is 13.0 Å². The monoisotopic (exact) mass is 313 g/mol. The third kappa shape index (κ3) is 4.07. The Morgan fingerprint density at radius 3 is 3.04 bits per heavy atom. The molecular formula is C16H19N5O2.